The summed E-state index contributed by atoms with van der Waals surface area (Å²) in [6, 6.07) is 3.58. The number of nitrogen functional groups attached to an aromatic ring is 1. The van der Waals surface area contributed by atoms with Gasteiger partial charge in [-0.25, -0.2) is 0 Å². The second kappa shape index (κ2) is 24.1. The average molecular weight is 414 g/mol. The Morgan fingerprint density at radius 2 is 1.72 bits per heavy atom. The maximum absolute atomic E-state index is 11.5. The third-order valence-corrected chi connectivity index (χ3v) is 3.08. The van der Waals surface area contributed by atoms with Crippen molar-refractivity contribution in [3.63, 3.8) is 0 Å². The standard InChI is InChI=1S/C16H27N3O3.C3H8.2C2H6/c1-4-8-18-13-10-14(17)19-15(11-13)21-9-6-7-16(20)22-12(3)5-2;1-3-2;2*1-2/h10-12H,4-9H2,1-3H3,(H3,17,18,19);3H2,1-2H3;2*1-2H3. The second-order valence-electron chi connectivity index (χ2n) is 5.91. The largest absolute Gasteiger partial charge is 0.478 e. The zero-order valence-electron chi connectivity index (χ0n) is 20.4. The minimum atomic E-state index is -0.191. The molecule has 0 spiro atoms. The van der Waals surface area contributed by atoms with Crippen LogP contribution in [0.3, 0.4) is 0 Å². The van der Waals surface area contributed by atoms with E-state index in [1.807, 2.05) is 47.6 Å². The molecule has 0 aliphatic rings. The Labute approximate surface area is 180 Å². The Morgan fingerprint density at radius 1 is 1.14 bits per heavy atom. The minimum absolute atomic E-state index is 0.0313. The van der Waals surface area contributed by atoms with Crippen molar-refractivity contribution in [2.24, 2.45) is 0 Å². The zero-order chi connectivity index (χ0) is 23.1. The predicted molar refractivity (Wildman–Crippen MR) is 127 cm³/mol. The topological polar surface area (TPSA) is 86.5 Å². The van der Waals surface area contributed by atoms with Crippen molar-refractivity contribution in [1.82, 2.24) is 4.98 Å². The van der Waals surface area contributed by atoms with Crippen molar-refractivity contribution in [3.8, 4) is 5.88 Å². The van der Waals surface area contributed by atoms with E-state index in [2.05, 4.69) is 31.1 Å². The summed E-state index contributed by atoms with van der Waals surface area (Å²) in [5, 5.41) is 3.24. The van der Waals surface area contributed by atoms with Gasteiger partial charge in [0.2, 0.25) is 5.88 Å². The molecule has 6 nitrogen and oxygen atoms in total. The van der Waals surface area contributed by atoms with Crippen LogP contribution < -0.4 is 15.8 Å². The van der Waals surface area contributed by atoms with Gasteiger partial charge in [0.25, 0.3) is 0 Å². The van der Waals surface area contributed by atoms with Crippen LogP contribution >= 0.6 is 0 Å². The van der Waals surface area contributed by atoms with Crippen LogP contribution in [-0.2, 0) is 9.53 Å². The number of nitrogens with two attached hydrogens (primary N) is 1. The SMILES string of the molecule is CC.CC.CCC.CCCNc1cc(N)nc(OCCCC(=O)OC(C)CC)c1. The van der Waals surface area contributed by atoms with Crippen LogP contribution in [-0.4, -0.2) is 30.2 Å². The van der Waals surface area contributed by atoms with Gasteiger partial charge in [-0.3, -0.25) is 4.79 Å². The first-order valence-electron chi connectivity index (χ1n) is 11.3. The molecule has 0 aromatic carbocycles. The molecule has 29 heavy (non-hydrogen) atoms. The molecule has 0 aliphatic carbocycles. The molecule has 1 aromatic heterocycles. The summed E-state index contributed by atoms with van der Waals surface area (Å²) >= 11 is 0. The number of hydrogen-bond donors (Lipinski definition) is 2. The van der Waals surface area contributed by atoms with Crippen molar-refractivity contribution in [3.05, 3.63) is 12.1 Å². The first-order valence-corrected chi connectivity index (χ1v) is 11.3. The van der Waals surface area contributed by atoms with E-state index in [1.165, 1.54) is 6.42 Å². The number of hydrogen-bond acceptors (Lipinski definition) is 6. The normalized spacial score (nSPS) is 9.97. The maximum Gasteiger partial charge on any atom is 0.306 e. The highest BCUT2D eigenvalue weighted by Crippen LogP contribution is 2.18. The third-order valence-electron chi connectivity index (χ3n) is 3.08. The second-order valence-corrected chi connectivity index (χ2v) is 5.91. The molecule has 1 heterocycles. The Hall–Kier alpha value is -1.98. The number of esters is 1. The fourth-order valence-corrected chi connectivity index (χ4v) is 1.73. The lowest BCUT2D eigenvalue weighted by molar-refractivity contribution is -0.148. The summed E-state index contributed by atoms with van der Waals surface area (Å²) in [5.74, 6) is 0.685. The molecule has 1 aromatic rings. The number of pyridine rings is 1. The quantitative estimate of drug-likeness (QED) is 0.338. The van der Waals surface area contributed by atoms with Gasteiger partial charge in [0.05, 0.1) is 12.7 Å². The first kappa shape index (κ1) is 31.7. The lowest BCUT2D eigenvalue weighted by Crippen LogP contribution is -2.14. The van der Waals surface area contributed by atoms with Gasteiger partial charge in [-0.15, -0.1) is 0 Å². The summed E-state index contributed by atoms with van der Waals surface area (Å²) in [5.41, 5.74) is 6.64. The number of nitrogens with zero attached hydrogens (tertiary/aromatic N) is 1. The fourth-order valence-electron chi connectivity index (χ4n) is 1.73. The van der Waals surface area contributed by atoms with Crippen molar-refractivity contribution >= 4 is 17.5 Å². The molecule has 1 rings (SSSR count). The molecular weight excluding hydrogens is 366 g/mol. The van der Waals surface area contributed by atoms with E-state index in [0.717, 1.165) is 25.1 Å². The van der Waals surface area contributed by atoms with E-state index < -0.39 is 0 Å². The van der Waals surface area contributed by atoms with Gasteiger partial charge in [0, 0.05) is 30.8 Å². The van der Waals surface area contributed by atoms with Crippen LogP contribution in [0.25, 0.3) is 0 Å². The number of carbonyl (C=O) groups excluding carboxylic acids is 1. The molecule has 0 saturated carbocycles. The molecule has 0 radical (unpaired) electrons. The molecule has 172 valence electrons. The maximum atomic E-state index is 11.5. The molecule has 0 aliphatic heterocycles. The monoisotopic (exact) mass is 413 g/mol. The van der Waals surface area contributed by atoms with Crippen LogP contribution in [0.1, 0.15) is 94.4 Å². The molecule has 0 bridgehead atoms. The van der Waals surface area contributed by atoms with Gasteiger partial charge in [-0.05, 0) is 26.2 Å². The highest BCUT2D eigenvalue weighted by atomic mass is 16.5. The first-order chi connectivity index (χ1) is 14.0. The number of anilines is 2. The summed E-state index contributed by atoms with van der Waals surface area (Å²) in [6.07, 6.45) is 3.99. The highest BCUT2D eigenvalue weighted by Gasteiger charge is 2.08. The number of aromatic nitrogens is 1. The van der Waals surface area contributed by atoms with Crippen molar-refractivity contribution < 1.29 is 14.3 Å². The van der Waals surface area contributed by atoms with Gasteiger partial charge in [0.15, 0.2) is 0 Å². The van der Waals surface area contributed by atoms with E-state index in [0.29, 0.717) is 31.1 Å². The van der Waals surface area contributed by atoms with E-state index in [1.54, 1.807) is 6.07 Å². The number of carbonyl (C=O) groups is 1. The predicted octanol–water partition coefficient (Wildman–Crippen LogP) is 6.46. The lowest BCUT2D eigenvalue weighted by Gasteiger charge is -2.11. The Bertz CT molecular complexity index is 482. The van der Waals surface area contributed by atoms with Crippen LogP contribution in [0.2, 0.25) is 0 Å². The third kappa shape index (κ3) is 20.6. The van der Waals surface area contributed by atoms with Crippen LogP contribution in [0.15, 0.2) is 12.1 Å². The number of rotatable bonds is 10. The molecule has 0 amide bonds. The summed E-state index contributed by atoms with van der Waals surface area (Å²) in [7, 11) is 0. The van der Waals surface area contributed by atoms with E-state index in [9.17, 15) is 4.79 Å². The van der Waals surface area contributed by atoms with Gasteiger partial charge >= 0.3 is 5.97 Å². The molecule has 1 atom stereocenters. The van der Waals surface area contributed by atoms with Crippen molar-refractivity contribution in [2.45, 2.75) is 101 Å². The molecule has 1 unspecified atom stereocenters. The molecule has 6 heteroatoms. The number of ether oxygens (including phenoxy) is 2. The van der Waals surface area contributed by atoms with Gasteiger partial charge < -0.3 is 20.5 Å². The Balaban J connectivity index is -0.000000856. The fraction of sp³-hybridized carbons (Fsp3) is 0.739. The molecule has 0 saturated heterocycles. The van der Waals surface area contributed by atoms with Crippen molar-refractivity contribution in [1.29, 1.82) is 0 Å². The minimum Gasteiger partial charge on any atom is -0.478 e. The smallest absolute Gasteiger partial charge is 0.306 e. The molecule has 0 fully saturated rings. The average Bonchev–Trinajstić information content (AvgIpc) is 2.73. The van der Waals surface area contributed by atoms with Crippen molar-refractivity contribution in [2.75, 3.05) is 24.2 Å². The van der Waals surface area contributed by atoms with Gasteiger partial charge in [0.1, 0.15) is 5.82 Å². The molecular formula is C23H47N3O3. The van der Waals surface area contributed by atoms with E-state index in [-0.39, 0.29) is 12.1 Å². The number of nitrogens with one attached hydrogen (secondary N) is 1. The summed E-state index contributed by atoms with van der Waals surface area (Å²) in [4.78, 5) is 15.6. The van der Waals surface area contributed by atoms with Crippen LogP contribution in [0.4, 0.5) is 11.5 Å². The lowest BCUT2D eigenvalue weighted by atomic mass is 10.3. The summed E-state index contributed by atoms with van der Waals surface area (Å²) < 4.78 is 10.7. The molecule has 3 N–H and O–H groups in total. The van der Waals surface area contributed by atoms with Gasteiger partial charge in [-0.1, -0.05) is 61.8 Å². The van der Waals surface area contributed by atoms with Gasteiger partial charge in [-0.2, -0.15) is 4.98 Å². The van der Waals surface area contributed by atoms with Crippen LogP contribution in [0.5, 0.6) is 5.88 Å². The van der Waals surface area contributed by atoms with Crippen LogP contribution in [0, 0.1) is 0 Å². The summed E-state index contributed by atoms with van der Waals surface area (Å²) in [6.45, 7) is 19.5. The Kier molecular flexibility index (Phi) is 26.3. The van der Waals surface area contributed by atoms with E-state index in [4.69, 9.17) is 15.2 Å². The zero-order valence-corrected chi connectivity index (χ0v) is 20.4. The van der Waals surface area contributed by atoms with E-state index >= 15 is 0 Å². The Morgan fingerprint density at radius 3 is 2.24 bits per heavy atom. The highest BCUT2D eigenvalue weighted by molar-refractivity contribution is 5.69.